The Morgan fingerprint density at radius 3 is 2.25 bits per heavy atom. The van der Waals surface area contributed by atoms with E-state index in [9.17, 15) is 4.79 Å². The van der Waals surface area contributed by atoms with Crippen LogP contribution in [0.5, 0.6) is 0 Å². The zero-order valence-electron chi connectivity index (χ0n) is 7.72. The van der Waals surface area contributed by atoms with Crippen molar-refractivity contribution >= 4 is 5.78 Å². The van der Waals surface area contributed by atoms with E-state index in [0.717, 1.165) is 6.42 Å². The second kappa shape index (κ2) is 5.31. The number of carbonyl (C=O) groups is 1. The van der Waals surface area contributed by atoms with Crippen LogP contribution in [0.3, 0.4) is 0 Å². The minimum Gasteiger partial charge on any atom is -0.324 e. The van der Waals surface area contributed by atoms with Gasteiger partial charge in [0, 0.05) is 6.42 Å². The fourth-order valence-corrected chi connectivity index (χ4v) is 1.97. The average Bonchev–Trinajstić information content (AvgIpc) is 2.33. The molecule has 2 nitrogen and oxygen atoms in total. The van der Waals surface area contributed by atoms with Crippen molar-refractivity contribution in [3.8, 4) is 0 Å². The van der Waals surface area contributed by atoms with Crippen molar-refractivity contribution in [1.29, 1.82) is 0 Å². The van der Waals surface area contributed by atoms with Crippen molar-refractivity contribution in [2.75, 3.05) is 6.54 Å². The lowest BCUT2D eigenvalue weighted by Gasteiger charge is -2.11. The van der Waals surface area contributed by atoms with Crippen LogP contribution in [-0.4, -0.2) is 12.3 Å². The number of carbonyl (C=O) groups excluding carboxylic acids is 1. The summed E-state index contributed by atoms with van der Waals surface area (Å²) in [7, 11) is 0. The molecule has 1 saturated carbocycles. The predicted octanol–water partition coefficient (Wildman–Crippen LogP) is 1.87. The van der Waals surface area contributed by atoms with Gasteiger partial charge < -0.3 is 5.73 Å². The van der Waals surface area contributed by atoms with Gasteiger partial charge in [0.25, 0.3) is 0 Å². The molecule has 1 aliphatic rings. The van der Waals surface area contributed by atoms with Crippen LogP contribution in [0, 0.1) is 5.92 Å². The molecule has 12 heavy (non-hydrogen) atoms. The molecule has 1 rings (SSSR count). The normalized spacial score (nSPS) is 20.4. The number of nitrogens with two attached hydrogens (primary N) is 1. The van der Waals surface area contributed by atoms with Crippen molar-refractivity contribution in [3.05, 3.63) is 0 Å². The third-order valence-electron chi connectivity index (χ3n) is 2.72. The topological polar surface area (TPSA) is 43.1 Å². The fraction of sp³-hybridized carbons (Fsp3) is 0.900. The summed E-state index contributed by atoms with van der Waals surface area (Å²) in [5.74, 6) is 0.880. The number of hydrogen-bond donors (Lipinski definition) is 1. The Morgan fingerprint density at radius 1 is 1.17 bits per heavy atom. The Balaban J connectivity index is 2.24. The summed E-state index contributed by atoms with van der Waals surface area (Å²) in [6.07, 6.45) is 8.54. The molecule has 0 aromatic carbocycles. The lowest BCUT2D eigenvalue weighted by atomic mass is 9.94. The molecule has 1 aliphatic carbocycles. The molecule has 0 heterocycles. The molecular formula is C10H19NO. The lowest BCUT2D eigenvalue weighted by Crippen LogP contribution is -2.17. The molecule has 0 aromatic heterocycles. The summed E-state index contributed by atoms with van der Waals surface area (Å²) in [6, 6.07) is 0. The largest absolute Gasteiger partial charge is 0.324 e. The van der Waals surface area contributed by atoms with Crippen LogP contribution < -0.4 is 5.73 Å². The van der Waals surface area contributed by atoms with Gasteiger partial charge in [0.15, 0.2) is 0 Å². The first-order chi connectivity index (χ1) is 5.83. The van der Waals surface area contributed by atoms with Gasteiger partial charge in [-0.1, -0.05) is 38.5 Å². The van der Waals surface area contributed by atoms with E-state index in [1.807, 2.05) is 0 Å². The summed E-state index contributed by atoms with van der Waals surface area (Å²) in [5.41, 5.74) is 5.28. The molecule has 70 valence electrons. The Hall–Kier alpha value is -0.370. The smallest absolute Gasteiger partial charge is 0.146 e. The van der Waals surface area contributed by atoms with E-state index >= 15 is 0 Å². The minimum atomic E-state index is 0.233. The van der Waals surface area contributed by atoms with Crippen LogP contribution in [0.15, 0.2) is 0 Å². The highest BCUT2D eigenvalue weighted by atomic mass is 16.1. The molecule has 0 aliphatic heterocycles. The SMILES string of the molecule is NCC(=O)CC1CCCCCC1. The van der Waals surface area contributed by atoms with E-state index in [4.69, 9.17) is 5.73 Å². The van der Waals surface area contributed by atoms with Crippen molar-refractivity contribution < 1.29 is 4.79 Å². The van der Waals surface area contributed by atoms with Crippen LogP contribution in [0.1, 0.15) is 44.9 Å². The van der Waals surface area contributed by atoms with Crippen LogP contribution in [0.2, 0.25) is 0 Å². The fourth-order valence-electron chi connectivity index (χ4n) is 1.97. The van der Waals surface area contributed by atoms with Crippen LogP contribution in [-0.2, 0) is 4.79 Å². The standard InChI is InChI=1S/C10H19NO/c11-8-10(12)7-9-5-3-1-2-4-6-9/h9H,1-8,11H2. The van der Waals surface area contributed by atoms with Gasteiger partial charge in [-0.25, -0.2) is 0 Å². The van der Waals surface area contributed by atoms with Crippen LogP contribution in [0.25, 0.3) is 0 Å². The second-order valence-electron chi connectivity index (χ2n) is 3.80. The van der Waals surface area contributed by atoms with Crippen molar-refractivity contribution in [3.63, 3.8) is 0 Å². The zero-order chi connectivity index (χ0) is 8.81. The molecule has 0 bridgehead atoms. The second-order valence-corrected chi connectivity index (χ2v) is 3.80. The molecular weight excluding hydrogens is 150 g/mol. The molecule has 0 saturated heterocycles. The maximum atomic E-state index is 11.1. The average molecular weight is 169 g/mol. The molecule has 0 spiro atoms. The van der Waals surface area contributed by atoms with E-state index in [2.05, 4.69) is 0 Å². The monoisotopic (exact) mass is 169 g/mol. The van der Waals surface area contributed by atoms with Gasteiger partial charge in [0.2, 0.25) is 0 Å². The Kier molecular flexibility index (Phi) is 4.30. The summed E-state index contributed by atoms with van der Waals surface area (Å²) in [5, 5.41) is 0. The summed E-state index contributed by atoms with van der Waals surface area (Å²) in [4.78, 5) is 11.1. The first-order valence-electron chi connectivity index (χ1n) is 5.04. The van der Waals surface area contributed by atoms with Gasteiger partial charge in [-0.05, 0) is 5.92 Å². The molecule has 0 amide bonds. The molecule has 2 heteroatoms. The van der Waals surface area contributed by atoms with Gasteiger partial charge in [-0.2, -0.15) is 0 Å². The lowest BCUT2D eigenvalue weighted by molar-refractivity contribution is -0.118. The summed E-state index contributed by atoms with van der Waals surface area (Å²) in [6.45, 7) is 0.233. The van der Waals surface area contributed by atoms with Crippen molar-refractivity contribution in [1.82, 2.24) is 0 Å². The van der Waals surface area contributed by atoms with Gasteiger partial charge in [0.05, 0.1) is 6.54 Å². The van der Waals surface area contributed by atoms with Crippen molar-refractivity contribution in [2.24, 2.45) is 11.7 Å². The molecule has 0 atom stereocenters. The van der Waals surface area contributed by atoms with E-state index in [-0.39, 0.29) is 12.3 Å². The predicted molar refractivity (Wildman–Crippen MR) is 49.9 cm³/mol. The molecule has 0 unspecified atom stereocenters. The van der Waals surface area contributed by atoms with E-state index in [1.54, 1.807) is 0 Å². The molecule has 1 fully saturated rings. The molecule has 0 aromatic rings. The first-order valence-corrected chi connectivity index (χ1v) is 5.04. The molecule has 2 N–H and O–H groups in total. The maximum absolute atomic E-state index is 11.1. The van der Waals surface area contributed by atoms with E-state index in [1.165, 1.54) is 38.5 Å². The van der Waals surface area contributed by atoms with Crippen LogP contribution in [0.4, 0.5) is 0 Å². The van der Waals surface area contributed by atoms with Gasteiger partial charge in [-0.3, -0.25) is 4.79 Å². The van der Waals surface area contributed by atoms with Gasteiger partial charge in [-0.15, -0.1) is 0 Å². The van der Waals surface area contributed by atoms with E-state index < -0.39 is 0 Å². The number of Topliss-reactive ketones (excluding diaryl/α,β-unsaturated/α-hetero) is 1. The third-order valence-corrected chi connectivity index (χ3v) is 2.72. The number of hydrogen-bond acceptors (Lipinski definition) is 2. The summed E-state index contributed by atoms with van der Waals surface area (Å²) >= 11 is 0. The summed E-state index contributed by atoms with van der Waals surface area (Å²) < 4.78 is 0. The van der Waals surface area contributed by atoms with Crippen LogP contribution >= 0.6 is 0 Å². The quantitative estimate of drug-likeness (QED) is 0.655. The first kappa shape index (κ1) is 9.72. The third kappa shape index (κ3) is 3.35. The molecule has 0 radical (unpaired) electrons. The number of rotatable bonds is 3. The number of ketones is 1. The highest BCUT2D eigenvalue weighted by Crippen LogP contribution is 2.25. The highest BCUT2D eigenvalue weighted by molar-refractivity contribution is 5.80. The highest BCUT2D eigenvalue weighted by Gasteiger charge is 2.14. The zero-order valence-corrected chi connectivity index (χ0v) is 7.72. The van der Waals surface area contributed by atoms with Gasteiger partial charge in [0.1, 0.15) is 5.78 Å². The maximum Gasteiger partial charge on any atom is 0.146 e. The van der Waals surface area contributed by atoms with E-state index in [0.29, 0.717) is 5.92 Å². The van der Waals surface area contributed by atoms with Gasteiger partial charge >= 0.3 is 0 Å². The minimum absolute atomic E-state index is 0.233. The Bertz CT molecular complexity index is 137. The van der Waals surface area contributed by atoms with Crippen molar-refractivity contribution in [2.45, 2.75) is 44.9 Å². The Morgan fingerprint density at radius 2 is 1.75 bits per heavy atom. The Labute approximate surface area is 74.5 Å².